The fraction of sp³-hybridized carbons (Fsp3) is 0.353. The third-order valence-corrected chi connectivity index (χ3v) is 3.61. The number of benzene rings is 1. The van der Waals surface area contributed by atoms with Gasteiger partial charge in [0.2, 0.25) is 5.88 Å². The van der Waals surface area contributed by atoms with E-state index < -0.39 is 0 Å². The summed E-state index contributed by atoms with van der Waals surface area (Å²) in [5.41, 5.74) is 2.21. The first-order chi connectivity index (χ1) is 10.3. The van der Waals surface area contributed by atoms with Gasteiger partial charge in [-0.1, -0.05) is 18.2 Å². The molecule has 1 fully saturated rings. The van der Waals surface area contributed by atoms with Crippen LogP contribution in [-0.2, 0) is 6.54 Å². The second-order valence-corrected chi connectivity index (χ2v) is 5.30. The maximum atomic E-state index is 5.82. The molecule has 0 unspecified atom stereocenters. The molecule has 0 radical (unpaired) electrons. The molecule has 1 heterocycles. The molecule has 110 valence electrons. The van der Waals surface area contributed by atoms with E-state index in [1.807, 2.05) is 37.3 Å². The lowest BCUT2D eigenvalue weighted by Crippen LogP contribution is -2.16. The van der Waals surface area contributed by atoms with E-state index >= 15 is 0 Å². The predicted octanol–water partition coefficient (Wildman–Crippen LogP) is 3.44. The van der Waals surface area contributed by atoms with Crippen molar-refractivity contribution in [3.05, 3.63) is 47.7 Å². The highest BCUT2D eigenvalue weighted by atomic mass is 16.5. The van der Waals surface area contributed by atoms with Gasteiger partial charge >= 0.3 is 0 Å². The van der Waals surface area contributed by atoms with Crippen molar-refractivity contribution in [1.82, 2.24) is 10.3 Å². The number of ether oxygens (including phenoxy) is 2. The lowest BCUT2D eigenvalue weighted by Gasteiger charge is -2.11. The molecule has 0 saturated heterocycles. The second kappa shape index (κ2) is 6.14. The van der Waals surface area contributed by atoms with E-state index in [2.05, 4.69) is 16.4 Å². The molecule has 0 bridgehead atoms. The van der Waals surface area contributed by atoms with E-state index in [9.17, 15) is 0 Å². The molecule has 2 aromatic rings. The van der Waals surface area contributed by atoms with E-state index in [1.54, 1.807) is 7.11 Å². The number of nitrogens with one attached hydrogen (secondary N) is 1. The van der Waals surface area contributed by atoms with Crippen molar-refractivity contribution in [2.24, 2.45) is 0 Å². The van der Waals surface area contributed by atoms with Gasteiger partial charge in [0.25, 0.3) is 0 Å². The third kappa shape index (κ3) is 3.52. The summed E-state index contributed by atoms with van der Waals surface area (Å²) in [6, 6.07) is 12.3. The lowest BCUT2D eigenvalue weighted by atomic mass is 10.2. The minimum absolute atomic E-state index is 0.590. The number of hydrogen-bond donors (Lipinski definition) is 1. The Morgan fingerprint density at radius 2 is 1.90 bits per heavy atom. The van der Waals surface area contributed by atoms with E-state index in [4.69, 9.17) is 9.47 Å². The van der Waals surface area contributed by atoms with Gasteiger partial charge in [0.15, 0.2) is 11.5 Å². The normalized spacial score (nSPS) is 14.0. The van der Waals surface area contributed by atoms with Gasteiger partial charge in [0, 0.05) is 24.3 Å². The van der Waals surface area contributed by atoms with Crippen molar-refractivity contribution in [2.75, 3.05) is 7.11 Å². The number of rotatable bonds is 6. The van der Waals surface area contributed by atoms with Gasteiger partial charge in [-0.3, -0.25) is 0 Å². The molecule has 1 aromatic carbocycles. The zero-order valence-corrected chi connectivity index (χ0v) is 12.4. The summed E-state index contributed by atoms with van der Waals surface area (Å²) >= 11 is 0. The largest absolute Gasteiger partial charge is 0.493 e. The van der Waals surface area contributed by atoms with Gasteiger partial charge in [-0.15, -0.1) is 0 Å². The Kier molecular flexibility index (Phi) is 4.06. The zero-order chi connectivity index (χ0) is 14.7. The van der Waals surface area contributed by atoms with Crippen LogP contribution in [0.15, 0.2) is 36.4 Å². The molecule has 4 nitrogen and oxygen atoms in total. The average molecular weight is 284 g/mol. The highest BCUT2D eigenvalue weighted by Crippen LogP contribution is 2.30. The molecule has 21 heavy (non-hydrogen) atoms. The summed E-state index contributed by atoms with van der Waals surface area (Å²) in [7, 11) is 1.63. The van der Waals surface area contributed by atoms with Crippen LogP contribution in [-0.4, -0.2) is 18.1 Å². The molecule has 1 aromatic heterocycles. The summed E-state index contributed by atoms with van der Waals surface area (Å²) in [6.07, 6.45) is 2.59. The quantitative estimate of drug-likeness (QED) is 0.882. The zero-order valence-electron chi connectivity index (χ0n) is 12.4. The van der Waals surface area contributed by atoms with Gasteiger partial charge in [0.1, 0.15) is 0 Å². The minimum atomic E-state index is 0.590. The SMILES string of the molecule is COc1ccccc1Oc1ccc(CNC2CC2)c(C)n1. The first-order valence-corrected chi connectivity index (χ1v) is 7.27. The summed E-state index contributed by atoms with van der Waals surface area (Å²) in [5.74, 6) is 1.97. The fourth-order valence-corrected chi connectivity index (χ4v) is 2.17. The summed E-state index contributed by atoms with van der Waals surface area (Å²) < 4.78 is 11.1. The van der Waals surface area contributed by atoms with Gasteiger partial charge in [-0.05, 0) is 37.5 Å². The molecule has 1 aliphatic carbocycles. The molecule has 0 atom stereocenters. The molecule has 0 amide bonds. The van der Waals surface area contributed by atoms with E-state index in [-0.39, 0.29) is 0 Å². The first-order valence-electron chi connectivity index (χ1n) is 7.27. The fourth-order valence-electron chi connectivity index (χ4n) is 2.17. The van der Waals surface area contributed by atoms with Crippen molar-refractivity contribution >= 4 is 0 Å². The van der Waals surface area contributed by atoms with E-state index in [0.29, 0.717) is 23.4 Å². The van der Waals surface area contributed by atoms with Crippen LogP contribution in [0.2, 0.25) is 0 Å². The van der Waals surface area contributed by atoms with Crippen LogP contribution in [0.1, 0.15) is 24.1 Å². The van der Waals surface area contributed by atoms with Gasteiger partial charge < -0.3 is 14.8 Å². The van der Waals surface area contributed by atoms with Gasteiger partial charge in [-0.2, -0.15) is 0 Å². The number of aromatic nitrogens is 1. The number of methoxy groups -OCH3 is 1. The minimum Gasteiger partial charge on any atom is -0.493 e. The molecule has 1 N–H and O–H groups in total. The Balaban J connectivity index is 1.71. The molecule has 1 aliphatic rings. The Bertz CT molecular complexity index is 624. The Hall–Kier alpha value is -2.07. The van der Waals surface area contributed by atoms with Crippen molar-refractivity contribution in [3.63, 3.8) is 0 Å². The average Bonchev–Trinajstić information content (AvgIpc) is 3.31. The van der Waals surface area contributed by atoms with Crippen molar-refractivity contribution in [1.29, 1.82) is 0 Å². The smallest absolute Gasteiger partial charge is 0.219 e. The van der Waals surface area contributed by atoms with Crippen LogP contribution >= 0.6 is 0 Å². The molecule has 0 spiro atoms. The Morgan fingerprint density at radius 3 is 2.57 bits per heavy atom. The monoisotopic (exact) mass is 284 g/mol. The number of nitrogens with zero attached hydrogens (tertiary/aromatic N) is 1. The van der Waals surface area contributed by atoms with Crippen molar-refractivity contribution in [3.8, 4) is 17.4 Å². The number of aryl methyl sites for hydroxylation is 1. The summed E-state index contributed by atoms with van der Waals surface area (Å²) in [5, 5.41) is 3.50. The van der Waals surface area contributed by atoms with Gasteiger partial charge in [0.05, 0.1) is 7.11 Å². The summed E-state index contributed by atoms with van der Waals surface area (Å²) in [6.45, 7) is 2.89. The Labute approximate surface area is 125 Å². The molecule has 0 aliphatic heterocycles. The highest BCUT2D eigenvalue weighted by molar-refractivity contribution is 5.41. The number of para-hydroxylation sites is 2. The van der Waals surface area contributed by atoms with E-state index in [1.165, 1.54) is 18.4 Å². The summed E-state index contributed by atoms with van der Waals surface area (Å²) in [4.78, 5) is 4.52. The first kappa shape index (κ1) is 13.9. The maximum absolute atomic E-state index is 5.82. The second-order valence-electron chi connectivity index (χ2n) is 5.30. The third-order valence-electron chi connectivity index (χ3n) is 3.61. The van der Waals surface area contributed by atoms with Crippen LogP contribution < -0.4 is 14.8 Å². The van der Waals surface area contributed by atoms with Crippen LogP contribution in [0.5, 0.6) is 17.4 Å². The highest BCUT2D eigenvalue weighted by Gasteiger charge is 2.20. The van der Waals surface area contributed by atoms with Crippen LogP contribution in [0.4, 0.5) is 0 Å². The topological polar surface area (TPSA) is 43.4 Å². The molecule has 3 rings (SSSR count). The predicted molar refractivity (Wildman–Crippen MR) is 81.9 cm³/mol. The molecule has 1 saturated carbocycles. The van der Waals surface area contributed by atoms with Crippen molar-refractivity contribution < 1.29 is 9.47 Å². The van der Waals surface area contributed by atoms with E-state index in [0.717, 1.165) is 12.2 Å². The standard InChI is InChI=1S/C17H20N2O2/c1-12-13(11-18-14-8-9-14)7-10-17(19-12)21-16-6-4-3-5-15(16)20-2/h3-7,10,14,18H,8-9,11H2,1-2H3. The van der Waals surface area contributed by atoms with Crippen LogP contribution in [0.3, 0.4) is 0 Å². The lowest BCUT2D eigenvalue weighted by molar-refractivity contribution is 0.374. The molecular weight excluding hydrogens is 264 g/mol. The maximum Gasteiger partial charge on any atom is 0.219 e. The van der Waals surface area contributed by atoms with Crippen molar-refractivity contribution in [2.45, 2.75) is 32.4 Å². The van der Waals surface area contributed by atoms with Gasteiger partial charge in [-0.25, -0.2) is 4.98 Å². The number of hydrogen-bond acceptors (Lipinski definition) is 4. The van der Waals surface area contributed by atoms with Crippen LogP contribution in [0.25, 0.3) is 0 Å². The Morgan fingerprint density at radius 1 is 1.14 bits per heavy atom. The molecular formula is C17H20N2O2. The van der Waals surface area contributed by atoms with Crippen LogP contribution in [0, 0.1) is 6.92 Å². The molecule has 4 heteroatoms. The number of pyridine rings is 1.